The smallest absolute Gasteiger partial charge is 0.385 e. The van der Waals surface area contributed by atoms with Gasteiger partial charge in [-0.3, -0.25) is 4.52 Å². The molecule has 0 amide bonds. The molecule has 4 rings (SSSR count). The van der Waals surface area contributed by atoms with Gasteiger partial charge in [0.15, 0.2) is 0 Å². The summed E-state index contributed by atoms with van der Waals surface area (Å²) in [5.41, 5.74) is 10.4. The third-order valence-electron chi connectivity index (χ3n) is 6.15. The van der Waals surface area contributed by atoms with E-state index in [4.69, 9.17) is 20.0 Å². The molecule has 9 heteroatoms. The maximum Gasteiger partial charge on any atom is 0.469 e. The van der Waals surface area contributed by atoms with Gasteiger partial charge < -0.3 is 25.2 Å². The second-order valence-corrected chi connectivity index (χ2v) is 9.99. The molecule has 2 atom stereocenters. The molecule has 0 bridgehead atoms. The van der Waals surface area contributed by atoms with Gasteiger partial charge in [0, 0.05) is 18.4 Å². The van der Waals surface area contributed by atoms with E-state index in [0.717, 1.165) is 29.5 Å². The van der Waals surface area contributed by atoms with Crippen molar-refractivity contribution < 1.29 is 24.0 Å². The number of imidazole rings is 1. The molecule has 0 spiro atoms. The molecule has 1 aliphatic carbocycles. The number of phosphoric ester groups is 1. The van der Waals surface area contributed by atoms with Crippen molar-refractivity contribution >= 4 is 13.9 Å². The second kappa shape index (κ2) is 10.4. The summed E-state index contributed by atoms with van der Waals surface area (Å²) in [7, 11) is -4.64. The van der Waals surface area contributed by atoms with Crippen LogP contribution in [0.3, 0.4) is 0 Å². The summed E-state index contributed by atoms with van der Waals surface area (Å²) in [6.45, 7) is 1.31. The Labute approximate surface area is 199 Å². The average molecular weight is 484 g/mol. The fourth-order valence-electron chi connectivity index (χ4n) is 4.22. The number of phosphoric acid groups is 1. The molecule has 0 saturated heterocycles. The third-order valence-corrected chi connectivity index (χ3v) is 6.64. The van der Waals surface area contributed by atoms with Crippen molar-refractivity contribution in [1.82, 2.24) is 9.55 Å². The van der Waals surface area contributed by atoms with E-state index in [0.29, 0.717) is 17.8 Å². The molecule has 0 unspecified atom stereocenters. The molecule has 0 aliphatic heterocycles. The first-order chi connectivity index (χ1) is 16.2. The summed E-state index contributed by atoms with van der Waals surface area (Å²) in [5.74, 6) is 0.954. The Morgan fingerprint density at radius 3 is 2.32 bits per heavy atom. The van der Waals surface area contributed by atoms with E-state index in [2.05, 4.69) is 29.2 Å². The quantitative estimate of drug-likeness (QED) is 0.336. The van der Waals surface area contributed by atoms with E-state index in [1.807, 2.05) is 30.3 Å². The zero-order chi connectivity index (χ0) is 24.3. The van der Waals surface area contributed by atoms with Gasteiger partial charge in [0.25, 0.3) is 0 Å². The van der Waals surface area contributed by atoms with Crippen LogP contribution in [0.1, 0.15) is 54.8 Å². The number of aromatic nitrogens is 2. The van der Waals surface area contributed by atoms with Crippen LogP contribution < -0.4 is 5.73 Å². The van der Waals surface area contributed by atoms with E-state index in [9.17, 15) is 9.67 Å². The minimum Gasteiger partial charge on any atom is -0.385 e. The third kappa shape index (κ3) is 6.10. The van der Waals surface area contributed by atoms with Crippen LogP contribution in [0, 0.1) is 0 Å². The molecule has 1 saturated carbocycles. The molecule has 34 heavy (non-hydrogen) atoms. The average Bonchev–Trinajstić information content (AvgIpc) is 3.27. The van der Waals surface area contributed by atoms with Crippen LogP contribution in [0.5, 0.6) is 0 Å². The predicted octanol–water partition coefficient (Wildman–Crippen LogP) is 4.17. The highest BCUT2D eigenvalue weighted by Crippen LogP contribution is 2.38. The summed E-state index contributed by atoms with van der Waals surface area (Å²) in [4.78, 5) is 22.4. The maximum atomic E-state index is 11.2. The van der Waals surface area contributed by atoms with E-state index in [-0.39, 0.29) is 6.61 Å². The van der Waals surface area contributed by atoms with Crippen LogP contribution in [0.4, 0.5) is 0 Å². The second-order valence-electron chi connectivity index (χ2n) is 8.75. The molecule has 1 aromatic heterocycles. The first kappa shape index (κ1) is 24.5. The monoisotopic (exact) mass is 483 g/mol. The van der Waals surface area contributed by atoms with Crippen LogP contribution in [0.25, 0.3) is 17.2 Å². The number of aliphatic hydroxyl groups excluding tert-OH is 1. The van der Waals surface area contributed by atoms with Crippen LogP contribution in [-0.4, -0.2) is 37.1 Å². The Balaban J connectivity index is 1.48. The minimum absolute atomic E-state index is 0.271. The zero-order valence-corrected chi connectivity index (χ0v) is 19.8. The van der Waals surface area contributed by atoms with Crippen molar-refractivity contribution in [3.05, 3.63) is 84.0 Å². The van der Waals surface area contributed by atoms with E-state index >= 15 is 0 Å². The summed E-state index contributed by atoms with van der Waals surface area (Å²) < 4.78 is 17.6. The highest BCUT2D eigenvalue weighted by Gasteiger charge is 2.27. The fourth-order valence-corrected chi connectivity index (χ4v) is 4.57. The first-order valence-corrected chi connectivity index (χ1v) is 12.8. The maximum absolute atomic E-state index is 11.2. The molecule has 3 aromatic rings. The Hall–Kier alpha value is -2.58. The van der Waals surface area contributed by atoms with Crippen molar-refractivity contribution in [2.45, 2.75) is 43.9 Å². The number of hydrogen-bond acceptors (Lipinski definition) is 5. The first-order valence-electron chi connectivity index (χ1n) is 11.2. The Morgan fingerprint density at radius 1 is 1.15 bits per heavy atom. The zero-order valence-electron chi connectivity index (χ0n) is 18.9. The van der Waals surface area contributed by atoms with Crippen molar-refractivity contribution in [1.29, 1.82) is 0 Å². The number of hydrogen-bond donors (Lipinski definition) is 4. The summed E-state index contributed by atoms with van der Waals surface area (Å²) in [6, 6.07) is 16.4. The lowest BCUT2D eigenvalue weighted by molar-refractivity contribution is 0.164. The van der Waals surface area contributed by atoms with Gasteiger partial charge in [-0.05, 0) is 47.9 Å². The van der Waals surface area contributed by atoms with Crippen molar-refractivity contribution in [2.75, 3.05) is 6.61 Å². The largest absolute Gasteiger partial charge is 0.469 e. The standard InChI is InChI=1S/C25H30N3O5P/c1-17(29)25-27-12-13-28(25)24(16-33-34(30,31)32)11-4-18-2-5-19(6-3-18)20-7-9-21(10-8-20)22-14-23(26)15-22/h2-13,17,22-24,29H,14-16,26H2,1H3,(H2,30,31,32)/b11-4+/t17-,22?,23?,24-/m0/s1. The van der Waals surface area contributed by atoms with E-state index < -0.39 is 20.0 Å². The normalized spacial score (nSPS) is 20.3. The van der Waals surface area contributed by atoms with Crippen molar-refractivity contribution in [2.24, 2.45) is 5.73 Å². The van der Waals surface area contributed by atoms with Crippen LogP contribution >= 0.6 is 7.82 Å². The Kier molecular flexibility index (Phi) is 7.48. The molecule has 8 nitrogen and oxygen atoms in total. The summed E-state index contributed by atoms with van der Waals surface area (Å²) in [6.07, 6.45) is 8.07. The number of aliphatic hydroxyl groups is 1. The lowest BCUT2D eigenvalue weighted by Gasteiger charge is -2.32. The minimum atomic E-state index is -4.64. The number of benzene rings is 2. The lowest BCUT2D eigenvalue weighted by atomic mass is 9.76. The predicted molar refractivity (Wildman–Crippen MR) is 131 cm³/mol. The topological polar surface area (TPSA) is 131 Å². The van der Waals surface area contributed by atoms with Gasteiger partial charge in [0.1, 0.15) is 11.9 Å². The summed E-state index contributed by atoms with van der Waals surface area (Å²) in [5, 5.41) is 9.96. The fraction of sp³-hybridized carbons (Fsp3) is 0.320. The molecule has 1 heterocycles. The molecule has 180 valence electrons. The molecule has 5 N–H and O–H groups in total. The summed E-state index contributed by atoms with van der Waals surface area (Å²) >= 11 is 0. The Morgan fingerprint density at radius 2 is 1.76 bits per heavy atom. The molecular formula is C25H30N3O5P. The number of rotatable bonds is 9. The van der Waals surface area contributed by atoms with Gasteiger partial charge in [-0.15, -0.1) is 0 Å². The SMILES string of the molecule is C[C@H](O)c1nccn1[C@@H](/C=C/c1ccc(-c2ccc(C3CC(N)C3)cc2)cc1)COP(=O)(O)O. The van der Waals surface area contributed by atoms with Gasteiger partial charge in [-0.25, -0.2) is 9.55 Å². The molecule has 1 aliphatic rings. The Bertz CT molecular complexity index is 1160. The van der Waals surface area contributed by atoms with Gasteiger partial charge in [-0.2, -0.15) is 0 Å². The lowest BCUT2D eigenvalue weighted by Crippen LogP contribution is -2.34. The highest BCUT2D eigenvalue weighted by molar-refractivity contribution is 7.46. The van der Waals surface area contributed by atoms with Gasteiger partial charge in [0.2, 0.25) is 0 Å². The van der Waals surface area contributed by atoms with Crippen molar-refractivity contribution in [3.8, 4) is 11.1 Å². The number of nitrogens with zero attached hydrogens (tertiary/aromatic N) is 2. The van der Waals surface area contributed by atoms with Crippen LogP contribution in [0.2, 0.25) is 0 Å². The van der Waals surface area contributed by atoms with Crippen LogP contribution in [-0.2, 0) is 9.09 Å². The van der Waals surface area contributed by atoms with Crippen LogP contribution in [0.15, 0.2) is 67.0 Å². The van der Waals surface area contributed by atoms with Crippen molar-refractivity contribution in [3.63, 3.8) is 0 Å². The van der Waals surface area contributed by atoms with Gasteiger partial charge in [-0.1, -0.05) is 60.7 Å². The van der Waals surface area contributed by atoms with Gasteiger partial charge in [0.05, 0.1) is 12.6 Å². The van der Waals surface area contributed by atoms with E-state index in [1.165, 1.54) is 11.8 Å². The molecule has 2 aromatic carbocycles. The molecule has 0 radical (unpaired) electrons. The molecular weight excluding hydrogens is 453 g/mol. The molecule has 1 fully saturated rings. The highest BCUT2D eigenvalue weighted by atomic mass is 31.2. The van der Waals surface area contributed by atoms with E-state index in [1.54, 1.807) is 23.8 Å². The van der Waals surface area contributed by atoms with Gasteiger partial charge >= 0.3 is 7.82 Å². The number of nitrogens with two attached hydrogens (primary N) is 1.